The fourth-order valence-electron chi connectivity index (χ4n) is 8.71. The Labute approximate surface area is 327 Å². The maximum absolute atomic E-state index is 6.43. The number of hydrogen-bond acceptors (Lipinski definition) is 3. The second-order valence-corrected chi connectivity index (χ2v) is 14.6. The monoisotopic (exact) mass is 728 g/mol. The molecule has 0 radical (unpaired) electrons. The van der Waals surface area contributed by atoms with Crippen LogP contribution in [0.1, 0.15) is 0 Å². The molecule has 0 spiro atoms. The van der Waals surface area contributed by atoms with Crippen LogP contribution in [-0.4, -0.2) is 19.1 Å². The molecule has 12 aromatic rings. The smallest absolute Gasteiger partial charge is 0.180 e. The average molecular weight is 729 g/mol. The summed E-state index contributed by atoms with van der Waals surface area (Å²) in [5.74, 6) is 0.674. The zero-order chi connectivity index (χ0) is 37.5. The molecule has 4 aromatic heterocycles. The SMILES string of the molecule is c1ccc(-c2nc(-c3ccc(-n4c5ccccc5c5cc(-c6ccc7c(c6)c6ccccc6n7-c6ccccc6)ccc54)cc3)c3oc4ccccc4c3n2)cc1. The summed E-state index contributed by atoms with van der Waals surface area (Å²) in [6.07, 6.45) is 0. The maximum atomic E-state index is 6.43. The van der Waals surface area contributed by atoms with Gasteiger partial charge in [-0.05, 0) is 83.9 Å². The van der Waals surface area contributed by atoms with Gasteiger partial charge in [-0.3, -0.25) is 0 Å². The van der Waals surface area contributed by atoms with E-state index in [-0.39, 0.29) is 0 Å². The van der Waals surface area contributed by atoms with Crippen molar-refractivity contribution in [2.24, 2.45) is 0 Å². The van der Waals surface area contributed by atoms with E-state index in [0.29, 0.717) is 11.4 Å². The molecule has 0 atom stereocenters. The molecule has 5 heteroatoms. The van der Waals surface area contributed by atoms with Crippen LogP contribution in [0.4, 0.5) is 0 Å². The van der Waals surface area contributed by atoms with E-state index >= 15 is 0 Å². The van der Waals surface area contributed by atoms with E-state index in [9.17, 15) is 0 Å². The van der Waals surface area contributed by atoms with Crippen LogP contribution in [0.15, 0.2) is 199 Å². The Kier molecular flexibility index (Phi) is 6.86. The third-order valence-electron chi connectivity index (χ3n) is 11.3. The van der Waals surface area contributed by atoms with E-state index in [1.54, 1.807) is 0 Å². The molecule has 0 saturated heterocycles. The molecule has 5 nitrogen and oxygen atoms in total. The van der Waals surface area contributed by atoms with Gasteiger partial charge in [-0.1, -0.05) is 121 Å². The van der Waals surface area contributed by atoms with Gasteiger partial charge in [0.15, 0.2) is 11.4 Å². The normalized spacial score (nSPS) is 11.9. The number of hydrogen-bond donors (Lipinski definition) is 0. The quantitative estimate of drug-likeness (QED) is 0.177. The fourth-order valence-corrected chi connectivity index (χ4v) is 8.71. The van der Waals surface area contributed by atoms with Gasteiger partial charge < -0.3 is 13.6 Å². The molecule has 0 aliphatic heterocycles. The summed E-state index contributed by atoms with van der Waals surface area (Å²) in [6.45, 7) is 0. The van der Waals surface area contributed by atoms with E-state index in [1.165, 1.54) is 43.7 Å². The molecule has 0 N–H and O–H groups in total. The van der Waals surface area contributed by atoms with Crippen molar-refractivity contribution in [1.29, 1.82) is 0 Å². The van der Waals surface area contributed by atoms with Crippen LogP contribution in [0, 0.1) is 0 Å². The Morgan fingerprint density at radius 1 is 0.351 bits per heavy atom. The molecule has 0 unspecified atom stereocenters. The van der Waals surface area contributed by atoms with Crippen LogP contribution in [-0.2, 0) is 0 Å². The van der Waals surface area contributed by atoms with Crippen LogP contribution < -0.4 is 0 Å². The lowest BCUT2D eigenvalue weighted by molar-refractivity contribution is 0.667. The number of rotatable bonds is 5. The Hall–Kier alpha value is -7.76. The Balaban J connectivity index is 0.983. The average Bonchev–Trinajstić information content (AvgIpc) is 3.94. The maximum Gasteiger partial charge on any atom is 0.180 e. The van der Waals surface area contributed by atoms with Gasteiger partial charge in [-0.2, -0.15) is 0 Å². The van der Waals surface area contributed by atoms with Gasteiger partial charge in [-0.15, -0.1) is 0 Å². The van der Waals surface area contributed by atoms with E-state index in [2.05, 4.69) is 155 Å². The summed E-state index contributed by atoms with van der Waals surface area (Å²) >= 11 is 0. The predicted octanol–water partition coefficient (Wildman–Crippen LogP) is 13.6. The Bertz CT molecular complexity index is 3500. The highest BCUT2D eigenvalue weighted by Crippen LogP contribution is 2.40. The molecule has 0 amide bonds. The van der Waals surface area contributed by atoms with Gasteiger partial charge in [0.25, 0.3) is 0 Å². The summed E-state index contributed by atoms with van der Waals surface area (Å²) < 4.78 is 11.2. The molecule has 4 heterocycles. The van der Waals surface area contributed by atoms with Crippen LogP contribution in [0.5, 0.6) is 0 Å². The molecule has 0 saturated carbocycles. The van der Waals surface area contributed by atoms with Gasteiger partial charge >= 0.3 is 0 Å². The van der Waals surface area contributed by atoms with Crippen molar-refractivity contribution in [2.45, 2.75) is 0 Å². The van der Waals surface area contributed by atoms with E-state index in [1.807, 2.05) is 48.5 Å². The summed E-state index contributed by atoms with van der Waals surface area (Å²) in [4.78, 5) is 10.1. The van der Waals surface area contributed by atoms with Crippen molar-refractivity contribution < 1.29 is 4.42 Å². The standard InChI is InChI=1S/C52H32N4O/c1-3-13-34(14-4-1)52-53-49(51-50(54-52)41-19-9-12-22-48(41)57-51)33-23-27-38(28-24-33)56-45-21-11-8-18-40(45)43-32-36(26-30-47(43)56)35-25-29-46-42(31-35)39-17-7-10-20-44(39)55(46)37-15-5-2-6-16-37/h1-32H. The van der Waals surface area contributed by atoms with E-state index in [4.69, 9.17) is 14.4 Å². The minimum absolute atomic E-state index is 0.674. The molecular weight excluding hydrogens is 697 g/mol. The second kappa shape index (κ2) is 12.4. The highest BCUT2D eigenvalue weighted by atomic mass is 16.3. The van der Waals surface area contributed by atoms with Gasteiger partial charge in [0, 0.05) is 49.4 Å². The number of fused-ring (bicyclic) bond motifs is 9. The molecule has 0 bridgehead atoms. The van der Waals surface area contributed by atoms with Crippen molar-refractivity contribution in [3.8, 4) is 45.1 Å². The zero-order valence-electron chi connectivity index (χ0n) is 30.7. The number of para-hydroxylation sites is 4. The lowest BCUT2D eigenvalue weighted by Gasteiger charge is -2.11. The lowest BCUT2D eigenvalue weighted by atomic mass is 10.0. The molecule has 57 heavy (non-hydrogen) atoms. The van der Waals surface area contributed by atoms with Gasteiger partial charge in [0.2, 0.25) is 0 Å². The van der Waals surface area contributed by atoms with Gasteiger partial charge in [0.05, 0.1) is 22.1 Å². The number of furan rings is 1. The van der Waals surface area contributed by atoms with Crippen LogP contribution in [0.25, 0.3) is 111 Å². The highest BCUT2D eigenvalue weighted by Gasteiger charge is 2.20. The van der Waals surface area contributed by atoms with Crippen LogP contribution >= 0.6 is 0 Å². The zero-order valence-corrected chi connectivity index (χ0v) is 30.7. The van der Waals surface area contributed by atoms with Gasteiger partial charge in [-0.25, -0.2) is 9.97 Å². The minimum atomic E-state index is 0.674. The molecule has 0 fully saturated rings. The largest absolute Gasteiger partial charge is 0.452 e. The van der Waals surface area contributed by atoms with Crippen molar-refractivity contribution in [3.63, 3.8) is 0 Å². The topological polar surface area (TPSA) is 48.8 Å². The Morgan fingerprint density at radius 2 is 0.842 bits per heavy atom. The molecule has 0 aliphatic carbocycles. The minimum Gasteiger partial charge on any atom is -0.452 e. The predicted molar refractivity (Wildman–Crippen MR) is 234 cm³/mol. The van der Waals surface area contributed by atoms with Crippen molar-refractivity contribution in [3.05, 3.63) is 194 Å². The highest BCUT2D eigenvalue weighted by molar-refractivity contribution is 6.13. The molecular formula is C52H32N4O. The number of nitrogens with zero attached hydrogens (tertiary/aromatic N) is 4. The Morgan fingerprint density at radius 3 is 1.47 bits per heavy atom. The summed E-state index contributed by atoms with van der Waals surface area (Å²) in [5, 5.41) is 5.90. The van der Waals surface area contributed by atoms with E-state index < -0.39 is 0 Å². The lowest BCUT2D eigenvalue weighted by Crippen LogP contribution is -1.96. The molecule has 266 valence electrons. The number of aromatic nitrogens is 4. The first-order valence-electron chi connectivity index (χ1n) is 19.2. The third-order valence-corrected chi connectivity index (χ3v) is 11.3. The van der Waals surface area contributed by atoms with Crippen molar-refractivity contribution in [1.82, 2.24) is 19.1 Å². The van der Waals surface area contributed by atoms with Crippen molar-refractivity contribution >= 4 is 65.7 Å². The van der Waals surface area contributed by atoms with Gasteiger partial charge in [0.1, 0.15) is 16.8 Å². The molecule has 8 aromatic carbocycles. The van der Waals surface area contributed by atoms with E-state index in [0.717, 1.165) is 55.7 Å². The first-order chi connectivity index (χ1) is 28.3. The van der Waals surface area contributed by atoms with Crippen LogP contribution in [0.2, 0.25) is 0 Å². The first-order valence-corrected chi connectivity index (χ1v) is 19.2. The summed E-state index contributed by atoms with van der Waals surface area (Å²) in [5.41, 5.74) is 14.4. The fraction of sp³-hybridized carbons (Fsp3) is 0. The van der Waals surface area contributed by atoms with Crippen LogP contribution in [0.3, 0.4) is 0 Å². The first kappa shape index (κ1) is 31.6. The second-order valence-electron chi connectivity index (χ2n) is 14.6. The third kappa shape index (κ3) is 4.89. The van der Waals surface area contributed by atoms with Crippen molar-refractivity contribution in [2.75, 3.05) is 0 Å². The number of benzene rings is 8. The summed E-state index contributed by atoms with van der Waals surface area (Å²) in [7, 11) is 0. The summed E-state index contributed by atoms with van der Waals surface area (Å²) in [6, 6.07) is 68.6. The molecule has 12 rings (SSSR count). The molecule has 0 aliphatic rings.